The van der Waals surface area contributed by atoms with Crippen LogP contribution in [-0.4, -0.2) is 21.7 Å². The van der Waals surface area contributed by atoms with Crippen LogP contribution in [0.4, 0.5) is 10.1 Å². The molecule has 0 saturated carbocycles. The summed E-state index contributed by atoms with van der Waals surface area (Å²) in [6, 6.07) is 5.43. The predicted molar refractivity (Wildman–Crippen MR) is 96.9 cm³/mol. The average Bonchev–Trinajstić information content (AvgIpc) is 3.07. The summed E-state index contributed by atoms with van der Waals surface area (Å²) >= 11 is 0. The summed E-state index contributed by atoms with van der Waals surface area (Å²) in [5.41, 5.74) is 3.24. The van der Waals surface area contributed by atoms with Crippen LogP contribution >= 0.6 is 0 Å². The van der Waals surface area contributed by atoms with E-state index in [9.17, 15) is 14.0 Å². The number of rotatable bonds is 2. The summed E-state index contributed by atoms with van der Waals surface area (Å²) < 4.78 is 14.9. The zero-order chi connectivity index (χ0) is 18.4. The third kappa shape index (κ3) is 2.73. The molecule has 1 aromatic carbocycles. The molecule has 0 fully saturated rings. The SMILES string of the molecule is CC1CCc2cc(F)ccc2N1C(=O)C(C)n1nc2c(cc1=O)CCC2. The lowest BCUT2D eigenvalue weighted by Gasteiger charge is -2.37. The first-order chi connectivity index (χ1) is 12.5. The van der Waals surface area contributed by atoms with Gasteiger partial charge in [0.2, 0.25) is 0 Å². The van der Waals surface area contributed by atoms with Gasteiger partial charge in [0.1, 0.15) is 11.9 Å². The number of anilines is 1. The Kier molecular flexibility index (Phi) is 4.13. The second kappa shape index (κ2) is 6.34. The fourth-order valence-electron chi connectivity index (χ4n) is 4.05. The van der Waals surface area contributed by atoms with Gasteiger partial charge in [-0.1, -0.05) is 0 Å². The minimum absolute atomic E-state index is 0.00644. The first kappa shape index (κ1) is 16.9. The Balaban J connectivity index is 1.71. The molecule has 2 aliphatic rings. The van der Waals surface area contributed by atoms with Crippen LogP contribution in [0.15, 0.2) is 29.1 Å². The number of aryl methyl sites for hydroxylation is 3. The number of benzene rings is 1. The van der Waals surface area contributed by atoms with Crippen molar-refractivity contribution < 1.29 is 9.18 Å². The fraction of sp³-hybridized carbons (Fsp3) is 0.450. The van der Waals surface area contributed by atoms with Gasteiger partial charge in [-0.05, 0) is 75.3 Å². The molecule has 4 rings (SSSR count). The van der Waals surface area contributed by atoms with Crippen molar-refractivity contribution in [2.75, 3.05) is 4.90 Å². The second-order valence-corrected chi connectivity index (χ2v) is 7.30. The van der Waals surface area contributed by atoms with E-state index in [-0.39, 0.29) is 23.3 Å². The quantitative estimate of drug-likeness (QED) is 0.832. The van der Waals surface area contributed by atoms with Crippen LogP contribution in [0.5, 0.6) is 0 Å². The summed E-state index contributed by atoms with van der Waals surface area (Å²) in [6.07, 6.45) is 4.22. The number of hydrogen-bond donors (Lipinski definition) is 0. The van der Waals surface area contributed by atoms with Gasteiger partial charge < -0.3 is 4.90 Å². The minimum atomic E-state index is -0.702. The number of hydrogen-bond acceptors (Lipinski definition) is 3. The minimum Gasteiger partial charge on any atom is -0.308 e. The second-order valence-electron chi connectivity index (χ2n) is 7.30. The molecule has 0 bridgehead atoms. The number of carbonyl (C=O) groups is 1. The van der Waals surface area contributed by atoms with Crippen molar-refractivity contribution in [2.45, 2.75) is 58.0 Å². The Labute approximate surface area is 151 Å². The number of nitrogens with zero attached hydrogens (tertiary/aromatic N) is 3. The molecule has 1 aliphatic carbocycles. The maximum atomic E-state index is 13.6. The van der Waals surface area contributed by atoms with Gasteiger partial charge in [0.15, 0.2) is 0 Å². The van der Waals surface area contributed by atoms with Crippen molar-refractivity contribution in [3.63, 3.8) is 0 Å². The van der Waals surface area contributed by atoms with Gasteiger partial charge >= 0.3 is 0 Å². The first-order valence-electron chi connectivity index (χ1n) is 9.19. The van der Waals surface area contributed by atoms with Crippen molar-refractivity contribution >= 4 is 11.6 Å². The normalized spacial score (nSPS) is 19.8. The smallest absolute Gasteiger partial charge is 0.267 e. The summed E-state index contributed by atoms with van der Waals surface area (Å²) in [4.78, 5) is 27.4. The predicted octanol–water partition coefficient (Wildman–Crippen LogP) is 2.80. The molecule has 6 heteroatoms. The Morgan fingerprint density at radius 2 is 2.04 bits per heavy atom. The van der Waals surface area contributed by atoms with Gasteiger partial charge in [-0.25, -0.2) is 9.07 Å². The van der Waals surface area contributed by atoms with Gasteiger partial charge in [-0.3, -0.25) is 9.59 Å². The number of amides is 1. The van der Waals surface area contributed by atoms with E-state index in [0.717, 1.165) is 54.6 Å². The fourth-order valence-corrected chi connectivity index (χ4v) is 4.05. The molecule has 2 heterocycles. The van der Waals surface area contributed by atoms with Crippen molar-refractivity contribution in [1.82, 2.24) is 9.78 Å². The van der Waals surface area contributed by atoms with E-state index >= 15 is 0 Å². The average molecular weight is 355 g/mol. The van der Waals surface area contributed by atoms with E-state index in [2.05, 4.69) is 5.10 Å². The Hall–Kier alpha value is -2.50. The maximum absolute atomic E-state index is 13.6. The third-order valence-corrected chi connectivity index (χ3v) is 5.52. The molecule has 0 spiro atoms. The van der Waals surface area contributed by atoms with Crippen LogP contribution in [-0.2, 0) is 24.1 Å². The van der Waals surface area contributed by atoms with Crippen LogP contribution in [0.2, 0.25) is 0 Å². The van der Waals surface area contributed by atoms with E-state index in [4.69, 9.17) is 0 Å². The molecule has 2 atom stereocenters. The van der Waals surface area contributed by atoms with Crippen molar-refractivity contribution in [2.24, 2.45) is 0 Å². The van der Waals surface area contributed by atoms with Crippen LogP contribution in [0.1, 0.15) is 49.6 Å². The Bertz CT molecular complexity index is 937. The van der Waals surface area contributed by atoms with Crippen LogP contribution in [0, 0.1) is 5.82 Å². The first-order valence-corrected chi connectivity index (χ1v) is 9.19. The van der Waals surface area contributed by atoms with Gasteiger partial charge in [0.25, 0.3) is 11.5 Å². The van der Waals surface area contributed by atoms with Crippen molar-refractivity contribution in [3.8, 4) is 0 Å². The Morgan fingerprint density at radius 3 is 2.85 bits per heavy atom. The molecule has 26 heavy (non-hydrogen) atoms. The van der Waals surface area contributed by atoms with E-state index in [1.165, 1.54) is 16.8 Å². The summed E-state index contributed by atoms with van der Waals surface area (Å²) in [5.74, 6) is -0.479. The van der Waals surface area contributed by atoms with Crippen molar-refractivity contribution in [1.29, 1.82) is 0 Å². The van der Waals surface area contributed by atoms with Gasteiger partial charge in [-0.15, -0.1) is 0 Å². The highest BCUT2D eigenvalue weighted by Gasteiger charge is 2.33. The number of fused-ring (bicyclic) bond motifs is 2. The number of carbonyl (C=O) groups excluding carboxylic acids is 1. The molecule has 1 amide bonds. The van der Waals surface area contributed by atoms with Crippen LogP contribution < -0.4 is 10.5 Å². The molecule has 1 aromatic heterocycles. The van der Waals surface area contributed by atoms with Crippen LogP contribution in [0.25, 0.3) is 0 Å². The molecule has 0 N–H and O–H groups in total. The maximum Gasteiger partial charge on any atom is 0.267 e. The van der Waals surface area contributed by atoms with E-state index in [1.54, 1.807) is 24.0 Å². The zero-order valence-electron chi connectivity index (χ0n) is 15.0. The summed E-state index contributed by atoms with van der Waals surface area (Å²) in [6.45, 7) is 3.69. The largest absolute Gasteiger partial charge is 0.308 e. The lowest BCUT2D eigenvalue weighted by molar-refractivity contribution is -0.122. The molecule has 136 valence electrons. The van der Waals surface area contributed by atoms with Gasteiger partial charge in [0, 0.05) is 17.8 Å². The molecular weight excluding hydrogens is 333 g/mol. The highest BCUT2D eigenvalue weighted by atomic mass is 19.1. The highest BCUT2D eigenvalue weighted by molar-refractivity contribution is 5.97. The lowest BCUT2D eigenvalue weighted by Crippen LogP contribution is -2.47. The third-order valence-electron chi connectivity index (χ3n) is 5.52. The monoisotopic (exact) mass is 355 g/mol. The highest BCUT2D eigenvalue weighted by Crippen LogP contribution is 2.33. The van der Waals surface area contributed by atoms with Gasteiger partial charge in [-0.2, -0.15) is 5.10 Å². The Morgan fingerprint density at radius 1 is 1.23 bits per heavy atom. The summed E-state index contributed by atoms with van der Waals surface area (Å²) in [5, 5.41) is 4.46. The molecule has 0 radical (unpaired) electrons. The topological polar surface area (TPSA) is 55.2 Å². The lowest BCUT2D eigenvalue weighted by atomic mass is 9.95. The van der Waals surface area contributed by atoms with E-state index in [0.29, 0.717) is 0 Å². The van der Waals surface area contributed by atoms with E-state index < -0.39 is 6.04 Å². The molecule has 2 unspecified atom stereocenters. The molecule has 0 saturated heterocycles. The standard InChI is InChI=1S/C20H22FN3O2/c1-12-6-7-15-10-16(21)8-9-18(15)23(12)20(26)13(2)24-19(25)11-14-4-3-5-17(14)22-24/h8-13H,3-7H2,1-2H3. The molecule has 1 aliphatic heterocycles. The molecule has 5 nitrogen and oxygen atoms in total. The molecular formula is C20H22FN3O2. The van der Waals surface area contributed by atoms with Crippen LogP contribution in [0.3, 0.4) is 0 Å². The summed E-state index contributed by atoms with van der Waals surface area (Å²) in [7, 11) is 0. The number of aromatic nitrogens is 2. The van der Waals surface area contributed by atoms with E-state index in [1.807, 2.05) is 6.92 Å². The molecule has 2 aromatic rings. The van der Waals surface area contributed by atoms with Crippen molar-refractivity contribution in [3.05, 3.63) is 57.3 Å². The van der Waals surface area contributed by atoms with Gasteiger partial charge in [0.05, 0.1) is 5.69 Å². The zero-order valence-corrected chi connectivity index (χ0v) is 15.0. The number of halogens is 1.